The number of likely N-dealkylation sites (tertiary alicyclic amines) is 2. The molecule has 2 saturated heterocycles. The van der Waals surface area contributed by atoms with E-state index in [9.17, 15) is 0 Å². The summed E-state index contributed by atoms with van der Waals surface area (Å²) in [4.78, 5) is 5.13. The zero-order valence-electron chi connectivity index (χ0n) is 13.4. The van der Waals surface area contributed by atoms with E-state index >= 15 is 0 Å². The van der Waals surface area contributed by atoms with Crippen molar-refractivity contribution in [2.45, 2.75) is 45.2 Å². The van der Waals surface area contributed by atoms with Crippen LogP contribution in [0.25, 0.3) is 0 Å². The van der Waals surface area contributed by atoms with Crippen molar-refractivity contribution >= 4 is 5.69 Å². The molecule has 116 valence electrons. The molecule has 0 bridgehead atoms. The summed E-state index contributed by atoms with van der Waals surface area (Å²) in [7, 11) is 0. The Labute approximate surface area is 129 Å². The fraction of sp³-hybridized carbons (Fsp3) is 0.667. The van der Waals surface area contributed by atoms with Gasteiger partial charge in [-0.1, -0.05) is 25.1 Å². The van der Waals surface area contributed by atoms with E-state index in [-0.39, 0.29) is 0 Å². The van der Waals surface area contributed by atoms with Crippen molar-refractivity contribution < 1.29 is 0 Å². The summed E-state index contributed by atoms with van der Waals surface area (Å²) in [5.41, 5.74) is 2.83. The zero-order chi connectivity index (χ0) is 14.5. The van der Waals surface area contributed by atoms with Crippen LogP contribution in [0.15, 0.2) is 24.3 Å². The molecule has 0 unspecified atom stereocenters. The predicted molar refractivity (Wildman–Crippen MR) is 89.7 cm³/mol. The molecule has 3 rings (SSSR count). The molecular weight excluding hydrogens is 258 g/mol. The number of para-hydroxylation sites is 1. The molecule has 2 heterocycles. The van der Waals surface area contributed by atoms with E-state index < -0.39 is 0 Å². The highest BCUT2D eigenvalue weighted by molar-refractivity contribution is 5.51. The fourth-order valence-electron chi connectivity index (χ4n) is 3.59. The highest BCUT2D eigenvalue weighted by Gasteiger charge is 2.19. The molecule has 1 N–H and O–H groups in total. The maximum absolute atomic E-state index is 3.81. The first-order chi connectivity index (χ1) is 10.3. The van der Waals surface area contributed by atoms with Gasteiger partial charge in [-0.3, -0.25) is 4.90 Å². The lowest BCUT2D eigenvalue weighted by atomic mass is 10.0. The number of benzene rings is 1. The van der Waals surface area contributed by atoms with Gasteiger partial charge >= 0.3 is 0 Å². The molecule has 3 nitrogen and oxygen atoms in total. The number of piperidine rings is 1. The predicted octanol–water partition coefficient (Wildman–Crippen LogP) is 3.18. The molecule has 0 aromatic heterocycles. The molecule has 0 spiro atoms. The van der Waals surface area contributed by atoms with Crippen LogP contribution in [0.4, 0.5) is 5.69 Å². The third-order valence-electron chi connectivity index (χ3n) is 5.00. The number of rotatable bonds is 5. The van der Waals surface area contributed by atoms with Gasteiger partial charge in [0.05, 0.1) is 0 Å². The Morgan fingerprint density at radius 2 is 1.71 bits per heavy atom. The van der Waals surface area contributed by atoms with Gasteiger partial charge in [0.1, 0.15) is 0 Å². The van der Waals surface area contributed by atoms with Crippen LogP contribution in [0.3, 0.4) is 0 Å². The Bertz CT molecular complexity index is 432. The third kappa shape index (κ3) is 3.98. The Morgan fingerprint density at radius 1 is 1.00 bits per heavy atom. The summed E-state index contributed by atoms with van der Waals surface area (Å²) in [6.07, 6.45) is 5.27. The first-order valence-electron chi connectivity index (χ1n) is 8.64. The summed E-state index contributed by atoms with van der Waals surface area (Å²) in [5, 5.41) is 3.81. The molecule has 2 aliphatic heterocycles. The van der Waals surface area contributed by atoms with Crippen LogP contribution < -0.4 is 5.32 Å². The third-order valence-corrected chi connectivity index (χ3v) is 5.00. The molecule has 2 fully saturated rings. The van der Waals surface area contributed by atoms with Crippen LogP contribution in [0, 0.1) is 0 Å². The van der Waals surface area contributed by atoms with Crippen LogP contribution in [0.2, 0.25) is 0 Å². The van der Waals surface area contributed by atoms with Crippen LogP contribution in [-0.2, 0) is 6.54 Å². The molecule has 1 aromatic rings. The molecule has 21 heavy (non-hydrogen) atoms. The Balaban J connectivity index is 1.59. The zero-order valence-corrected chi connectivity index (χ0v) is 13.4. The number of anilines is 1. The molecule has 0 atom stereocenters. The lowest BCUT2D eigenvalue weighted by molar-refractivity contribution is 0.229. The van der Waals surface area contributed by atoms with Crippen molar-refractivity contribution in [3.8, 4) is 0 Å². The second kappa shape index (κ2) is 7.28. The normalized spacial score (nSPS) is 21.8. The van der Waals surface area contributed by atoms with E-state index in [0.717, 1.165) is 6.54 Å². The quantitative estimate of drug-likeness (QED) is 0.897. The minimum absolute atomic E-state index is 0.646. The van der Waals surface area contributed by atoms with Crippen molar-refractivity contribution in [2.24, 2.45) is 0 Å². The number of hydrogen-bond donors (Lipinski definition) is 1. The van der Waals surface area contributed by atoms with E-state index in [2.05, 4.69) is 46.3 Å². The van der Waals surface area contributed by atoms with Crippen molar-refractivity contribution in [2.75, 3.05) is 38.0 Å². The van der Waals surface area contributed by atoms with Gasteiger partial charge in [-0.2, -0.15) is 0 Å². The van der Waals surface area contributed by atoms with Crippen LogP contribution in [0.5, 0.6) is 0 Å². The topological polar surface area (TPSA) is 18.5 Å². The monoisotopic (exact) mass is 287 g/mol. The lowest BCUT2D eigenvalue weighted by Gasteiger charge is -2.32. The summed E-state index contributed by atoms with van der Waals surface area (Å²) in [6, 6.07) is 9.54. The second-order valence-corrected chi connectivity index (χ2v) is 6.49. The Hall–Kier alpha value is -1.06. The smallest absolute Gasteiger partial charge is 0.0388 e. The SMILES string of the molecule is CCN1CCC(Nc2ccccc2CN2CCCC2)CC1. The first-order valence-corrected chi connectivity index (χ1v) is 8.64. The highest BCUT2D eigenvalue weighted by atomic mass is 15.1. The van der Waals surface area contributed by atoms with Gasteiger partial charge in [0, 0.05) is 31.4 Å². The van der Waals surface area contributed by atoms with Crippen LogP contribution in [0.1, 0.15) is 38.2 Å². The van der Waals surface area contributed by atoms with Gasteiger partial charge in [-0.25, -0.2) is 0 Å². The van der Waals surface area contributed by atoms with Gasteiger partial charge < -0.3 is 10.2 Å². The minimum Gasteiger partial charge on any atom is -0.382 e. The van der Waals surface area contributed by atoms with Crippen molar-refractivity contribution in [3.63, 3.8) is 0 Å². The molecule has 2 aliphatic rings. The standard InChI is InChI=1S/C18H29N3/c1-2-20-13-9-17(10-14-20)19-18-8-4-3-7-16(18)15-21-11-5-6-12-21/h3-4,7-8,17,19H,2,5-6,9-15H2,1H3. The lowest BCUT2D eigenvalue weighted by Crippen LogP contribution is -2.39. The Morgan fingerprint density at radius 3 is 2.43 bits per heavy atom. The summed E-state index contributed by atoms with van der Waals surface area (Å²) < 4.78 is 0. The maximum atomic E-state index is 3.81. The van der Waals surface area contributed by atoms with E-state index in [1.165, 1.54) is 69.7 Å². The van der Waals surface area contributed by atoms with Crippen molar-refractivity contribution in [3.05, 3.63) is 29.8 Å². The number of nitrogens with zero attached hydrogens (tertiary/aromatic N) is 2. The number of nitrogens with one attached hydrogen (secondary N) is 1. The molecule has 0 radical (unpaired) electrons. The number of hydrogen-bond acceptors (Lipinski definition) is 3. The summed E-state index contributed by atoms with van der Waals surface area (Å²) in [5.74, 6) is 0. The molecule has 0 saturated carbocycles. The average Bonchev–Trinajstić information content (AvgIpc) is 3.03. The van der Waals surface area contributed by atoms with Gasteiger partial charge in [0.15, 0.2) is 0 Å². The van der Waals surface area contributed by atoms with E-state index in [4.69, 9.17) is 0 Å². The van der Waals surface area contributed by atoms with Crippen LogP contribution >= 0.6 is 0 Å². The highest BCUT2D eigenvalue weighted by Crippen LogP contribution is 2.23. The molecular formula is C18H29N3. The van der Waals surface area contributed by atoms with Crippen molar-refractivity contribution in [1.82, 2.24) is 9.80 Å². The van der Waals surface area contributed by atoms with Gasteiger partial charge in [0.25, 0.3) is 0 Å². The molecule has 0 aliphatic carbocycles. The van der Waals surface area contributed by atoms with Crippen molar-refractivity contribution in [1.29, 1.82) is 0 Å². The van der Waals surface area contributed by atoms with E-state index in [1.54, 1.807) is 0 Å². The first kappa shape index (κ1) is 14.9. The molecule has 1 aromatic carbocycles. The van der Waals surface area contributed by atoms with Gasteiger partial charge in [-0.05, 0) is 56.9 Å². The van der Waals surface area contributed by atoms with Gasteiger partial charge in [0.2, 0.25) is 0 Å². The average molecular weight is 287 g/mol. The summed E-state index contributed by atoms with van der Waals surface area (Å²) in [6.45, 7) is 9.58. The summed E-state index contributed by atoms with van der Waals surface area (Å²) >= 11 is 0. The second-order valence-electron chi connectivity index (χ2n) is 6.49. The van der Waals surface area contributed by atoms with E-state index in [1.807, 2.05) is 0 Å². The van der Waals surface area contributed by atoms with Gasteiger partial charge in [-0.15, -0.1) is 0 Å². The fourth-order valence-corrected chi connectivity index (χ4v) is 3.59. The Kier molecular flexibility index (Phi) is 5.15. The van der Waals surface area contributed by atoms with Crippen LogP contribution in [-0.4, -0.2) is 48.6 Å². The minimum atomic E-state index is 0.646. The largest absolute Gasteiger partial charge is 0.382 e. The molecule has 3 heteroatoms. The molecule has 0 amide bonds. The maximum Gasteiger partial charge on any atom is 0.0388 e. The van der Waals surface area contributed by atoms with E-state index in [0.29, 0.717) is 6.04 Å².